The summed E-state index contributed by atoms with van der Waals surface area (Å²) in [6, 6.07) is 6.01. The number of guanidine groups is 1. The zero-order chi connectivity index (χ0) is 29.8. The molecule has 1 aromatic heterocycles. The highest BCUT2D eigenvalue weighted by atomic mass is 35.5. The lowest BCUT2D eigenvalue weighted by molar-refractivity contribution is 0.0668. The number of likely N-dealkylation sites (tertiary alicyclic amines) is 1. The van der Waals surface area contributed by atoms with Crippen molar-refractivity contribution in [3.8, 4) is 0 Å². The maximum atomic E-state index is 13.2. The molecule has 0 saturated carbocycles. The summed E-state index contributed by atoms with van der Waals surface area (Å²) in [6.45, 7) is 5.74. The van der Waals surface area contributed by atoms with E-state index in [2.05, 4.69) is 30.3 Å². The predicted octanol–water partition coefficient (Wildman–Crippen LogP) is 0.752. The van der Waals surface area contributed by atoms with Gasteiger partial charge in [-0.25, -0.2) is 23.1 Å². The molecule has 222 valence electrons. The van der Waals surface area contributed by atoms with Crippen LogP contribution in [0.1, 0.15) is 54.0 Å². The number of carbonyl (C=O) groups excluding carboxylic acids is 2. The van der Waals surface area contributed by atoms with Crippen LogP contribution >= 0.6 is 11.6 Å². The second-order valence-corrected chi connectivity index (χ2v) is 12.3. The van der Waals surface area contributed by atoms with Crippen molar-refractivity contribution in [1.29, 1.82) is 0 Å². The Balaban J connectivity index is 1.30. The lowest BCUT2D eigenvalue weighted by atomic mass is 9.88. The monoisotopic (exact) mass is 607 g/mol. The number of hydrogen-bond donors (Lipinski definition) is 5. The second-order valence-electron chi connectivity index (χ2n) is 10.1. The van der Waals surface area contributed by atoms with Crippen LogP contribution in [-0.4, -0.2) is 85.5 Å². The average molecular weight is 608 g/mol. The maximum absolute atomic E-state index is 13.2. The van der Waals surface area contributed by atoms with Gasteiger partial charge in [0.1, 0.15) is 0 Å². The summed E-state index contributed by atoms with van der Waals surface area (Å²) < 4.78 is 33.5. The normalized spacial score (nSPS) is 16.5. The van der Waals surface area contributed by atoms with E-state index in [9.17, 15) is 18.0 Å². The molecular weight excluding hydrogens is 574 g/mol. The Morgan fingerprint density at radius 3 is 2.63 bits per heavy atom. The number of hydrogen-bond acceptors (Lipinski definition) is 11. The van der Waals surface area contributed by atoms with Crippen molar-refractivity contribution in [3.63, 3.8) is 0 Å². The summed E-state index contributed by atoms with van der Waals surface area (Å²) >= 11 is 5.87. The first-order valence-corrected chi connectivity index (χ1v) is 15.0. The summed E-state index contributed by atoms with van der Waals surface area (Å²) in [7, 11) is -3.78. The Morgan fingerprint density at radius 2 is 1.93 bits per heavy atom. The van der Waals surface area contributed by atoms with Gasteiger partial charge in [0, 0.05) is 31.8 Å². The number of sulfonamides is 1. The van der Waals surface area contributed by atoms with Crippen LogP contribution in [0.5, 0.6) is 0 Å². The number of halogens is 1. The van der Waals surface area contributed by atoms with Crippen molar-refractivity contribution < 1.29 is 22.7 Å². The summed E-state index contributed by atoms with van der Waals surface area (Å²) in [5, 5.41) is 5.75. The number of amides is 2. The molecule has 16 heteroatoms. The molecule has 1 saturated heterocycles. The number of aliphatic imine (C=N–C) groups is 1. The van der Waals surface area contributed by atoms with E-state index in [-0.39, 0.29) is 57.5 Å². The molecule has 2 amide bonds. The number of ether oxygens (including phenoxy) is 1. The Hall–Kier alpha value is -3.53. The molecule has 2 aromatic rings. The van der Waals surface area contributed by atoms with Gasteiger partial charge in [-0.1, -0.05) is 17.7 Å². The predicted molar refractivity (Wildman–Crippen MR) is 154 cm³/mol. The first-order chi connectivity index (χ1) is 19.4. The number of aromatic nitrogens is 2. The van der Waals surface area contributed by atoms with Crippen molar-refractivity contribution in [2.45, 2.75) is 49.6 Å². The van der Waals surface area contributed by atoms with Crippen molar-refractivity contribution in [2.24, 2.45) is 4.99 Å². The minimum Gasteiger partial charge on any atom is -0.382 e. The van der Waals surface area contributed by atoms with E-state index in [4.69, 9.17) is 27.8 Å². The van der Waals surface area contributed by atoms with Crippen LogP contribution in [0.3, 0.4) is 0 Å². The molecule has 1 fully saturated rings. The molecule has 0 aliphatic carbocycles. The van der Waals surface area contributed by atoms with Gasteiger partial charge in [0.05, 0.1) is 23.1 Å². The van der Waals surface area contributed by atoms with Crippen LogP contribution in [0.4, 0.5) is 11.6 Å². The largest absolute Gasteiger partial charge is 0.382 e. The number of carbonyl (C=O) groups is 2. The molecule has 0 radical (unpaired) electrons. The topological polar surface area (TPSA) is 207 Å². The summed E-state index contributed by atoms with van der Waals surface area (Å²) in [6.07, 6.45) is 1.74. The molecule has 0 atom stereocenters. The molecular formula is C25H34ClN9O5S. The standard InChI is InChI=1S/C25H34ClN9O5S/c1-15(2)40-12-4-9-30-41(38,39)17-6-3-5-16(13-17)23(37)35-10-7-25(8-11-35)14-29-24(34-25)33-22(36)18-20(27)32-21(28)19(26)31-18/h3,5-6,13,15,30H,4,7-12,14H2,1-2H3,(H4,27,28,32)(H2,29,33,34,36). The van der Waals surface area contributed by atoms with Crippen molar-refractivity contribution in [2.75, 3.05) is 44.3 Å². The zero-order valence-electron chi connectivity index (χ0n) is 22.8. The Labute approximate surface area is 243 Å². The first-order valence-electron chi connectivity index (χ1n) is 13.1. The summed E-state index contributed by atoms with van der Waals surface area (Å²) in [5.41, 5.74) is 11.0. The molecule has 14 nitrogen and oxygen atoms in total. The third-order valence-corrected chi connectivity index (χ3v) is 8.48. The fourth-order valence-electron chi connectivity index (χ4n) is 4.49. The number of nitrogens with two attached hydrogens (primary N) is 2. The van der Waals surface area contributed by atoms with E-state index in [0.29, 0.717) is 45.5 Å². The molecule has 4 rings (SSSR count). The minimum absolute atomic E-state index is 0.0283. The lowest BCUT2D eigenvalue weighted by Crippen LogP contribution is -2.57. The first kappa shape index (κ1) is 30.4. The fraction of sp³-hybridized carbons (Fsp3) is 0.480. The molecule has 0 unspecified atom stereocenters. The van der Waals surface area contributed by atoms with E-state index in [1.54, 1.807) is 17.0 Å². The van der Waals surface area contributed by atoms with E-state index >= 15 is 0 Å². The zero-order valence-corrected chi connectivity index (χ0v) is 24.4. The molecule has 3 heterocycles. The van der Waals surface area contributed by atoms with Crippen LogP contribution in [-0.2, 0) is 14.8 Å². The summed E-state index contributed by atoms with van der Waals surface area (Å²) in [5.74, 6) is -0.881. The van der Waals surface area contributed by atoms with Gasteiger partial charge in [-0.3, -0.25) is 19.9 Å². The van der Waals surface area contributed by atoms with Crippen molar-refractivity contribution in [1.82, 2.24) is 30.2 Å². The highest BCUT2D eigenvalue weighted by Crippen LogP contribution is 2.27. The quantitative estimate of drug-likeness (QED) is 0.253. The number of rotatable bonds is 9. The average Bonchev–Trinajstić information content (AvgIpc) is 3.31. The second kappa shape index (κ2) is 12.5. The minimum atomic E-state index is -3.78. The number of anilines is 2. The third kappa shape index (κ3) is 7.41. The molecule has 41 heavy (non-hydrogen) atoms. The Kier molecular flexibility index (Phi) is 9.31. The van der Waals surface area contributed by atoms with E-state index in [1.165, 1.54) is 12.1 Å². The van der Waals surface area contributed by atoms with Crippen molar-refractivity contribution >= 4 is 51.0 Å². The summed E-state index contributed by atoms with van der Waals surface area (Å²) in [4.78, 5) is 39.7. The van der Waals surface area contributed by atoms with Gasteiger partial charge in [-0.2, -0.15) is 0 Å². The molecule has 0 bridgehead atoms. The Bertz CT molecular complexity index is 1440. The van der Waals surface area contributed by atoms with Crippen molar-refractivity contribution in [3.05, 3.63) is 40.7 Å². The van der Waals surface area contributed by atoms with Crippen LogP contribution in [0.15, 0.2) is 34.2 Å². The smallest absolute Gasteiger partial charge is 0.280 e. The van der Waals surface area contributed by atoms with Gasteiger partial charge >= 0.3 is 0 Å². The van der Waals surface area contributed by atoms with Crippen LogP contribution in [0, 0.1) is 0 Å². The number of benzene rings is 1. The highest BCUT2D eigenvalue weighted by molar-refractivity contribution is 7.89. The molecule has 7 N–H and O–H groups in total. The van der Waals surface area contributed by atoms with Gasteiger partial charge in [-0.05, 0) is 51.3 Å². The number of nitrogen functional groups attached to an aromatic ring is 2. The molecule has 1 spiro atoms. The fourth-order valence-corrected chi connectivity index (χ4v) is 5.73. The SMILES string of the molecule is CC(C)OCCCNS(=O)(=O)c1cccc(C(=O)N2CCC3(CC2)CN=C(NC(=O)c2nc(Cl)c(N)nc2N)N3)c1. The highest BCUT2D eigenvalue weighted by Gasteiger charge is 2.40. The lowest BCUT2D eigenvalue weighted by Gasteiger charge is -2.39. The van der Waals surface area contributed by atoms with Gasteiger partial charge < -0.3 is 26.4 Å². The van der Waals surface area contributed by atoms with Crippen LogP contribution < -0.4 is 26.8 Å². The number of nitrogens with one attached hydrogen (secondary N) is 3. The van der Waals surface area contributed by atoms with E-state index in [1.807, 2.05) is 13.8 Å². The van der Waals surface area contributed by atoms with E-state index < -0.39 is 21.5 Å². The van der Waals surface area contributed by atoms with Gasteiger partial charge in [-0.15, -0.1) is 0 Å². The number of nitrogens with zero attached hydrogens (tertiary/aromatic N) is 4. The Morgan fingerprint density at radius 1 is 1.20 bits per heavy atom. The molecule has 2 aliphatic heterocycles. The maximum Gasteiger partial charge on any atom is 0.280 e. The molecule has 1 aromatic carbocycles. The van der Waals surface area contributed by atoms with Gasteiger partial charge in [0.15, 0.2) is 28.4 Å². The third-order valence-electron chi connectivity index (χ3n) is 6.74. The van der Waals surface area contributed by atoms with E-state index in [0.717, 1.165) is 0 Å². The number of piperidine rings is 1. The van der Waals surface area contributed by atoms with Crippen LogP contribution in [0.25, 0.3) is 0 Å². The van der Waals surface area contributed by atoms with Crippen LogP contribution in [0.2, 0.25) is 5.15 Å². The van der Waals surface area contributed by atoms with Gasteiger partial charge in [0.25, 0.3) is 11.8 Å². The molecule has 2 aliphatic rings. The van der Waals surface area contributed by atoms with Gasteiger partial charge in [0.2, 0.25) is 10.0 Å².